The van der Waals surface area contributed by atoms with Gasteiger partial charge in [-0.15, -0.1) is 0 Å². The summed E-state index contributed by atoms with van der Waals surface area (Å²) in [4.78, 5) is 14.2. The largest absolute Gasteiger partial charge is 0.369 e. The number of nitrogens with zero attached hydrogens (tertiary/aromatic N) is 3. The number of hydrogen-bond acceptors (Lipinski definition) is 3. The van der Waals surface area contributed by atoms with Gasteiger partial charge in [-0.1, -0.05) is 11.6 Å². The van der Waals surface area contributed by atoms with E-state index >= 15 is 0 Å². The molecule has 0 N–H and O–H groups in total. The van der Waals surface area contributed by atoms with Crippen molar-refractivity contribution in [3.63, 3.8) is 0 Å². The molecule has 94 valence electrons. The molecule has 2 heterocycles. The lowest BCUT2D eigenvalue weighted by Gasteiger charge is -2.29. The van der Waals surface area contributed by atoms with Gasteiger partial charge in [0.25, 0.3) is 5.56 Å². The van der Waals surface area contributed by atoms with Crippen molar-refractivity contribution in [1.82, 2.24) is 9.78 Å². The lowest BCUT2D eigenvalue weighted by molar-refractivity contribution is 0.500. The highest BCUT2D eigenvalue weighted by molar-refractivity contribution is 6.33. The van der Waals surface area contributed by atoms with Crippen LogP contribution in [0.15, 0.2) is 11.0 Å². The normalized spacial score (nSPS) is 16.6. The number of rotatable bonds is 2. The molecule has 0 aromatic carbocycles. The Hall–Kier alpha value is -1.03. The molecule has 1 saturated heterocycles. The van der Waals surface area contributed by atoms with Crippen LogP contribution >= 0.6 is 11.6 Å². The Balaban J connectivity index is 2.36. The second kappa shape index (κ2) is 5.08. The van der Waals surface area contributed by atoms with E-state index in [-0.39, 0.29) is 11.6 Å². The van der Waals surface area contributed by atoms with Crippen molar-refractivity contribution >= 4 is 17.3 Å². The Morgan fingerprint density at radius 1 is 1.29 bits per heavy atom. The van der Waals surface area contributed by atoms with Crippen LogP contribution in [-0.2, 0) is 0 Å². The van der Waals surface area contributed by atoms with E-state index in [9.17, 15) is 4.79 Å². The van der Waals surface area contributed by atoms with Crippen LogP contribution in [0.2, 0.25) is 5.02 Å². The summed E-state index contributed by atoms with van der Waals surface area (Å²) in [6, 6.07) is 0.0374. The van der Waals surface area contributed by atoms with Crippen LogP contribution in [0.3, 0.4) is 0 Å². The zero-order valence-electron chi connectivity index (χ0n) is 10.3. The van der Waals surface area contributed by atoms with Gasteiger partial charge in [0.2, 0.25) is 0 Å². The summed E-state index contributed by atoms with van der Waals surface area (Å²) in [5.74, 6) is 0. The molecule has 1 aliphatic heterocycles. The molecule has 0 bridgehead atoms. The molecule has 0 amide bonds. The van der Waals surface area contributed by atoms with Gasteiger partial charge in [-0.05, 0) is 33.1 Å². The predicted octanol–water partition coefficient (Wildman–Crippen LogP) is 2.47. The molecular weight excluding hydrogens is 238 g/mol. The molecule has 17 heavy (non-hydrogen) atoms. The third-order valence-corrected chi connectivity index (χ3v) is 3.47. The molecule has 2 rings (SSSR count). The van der Waals surface area contributed by atoms with Gasteiger partial charge in [-0.3, -0.25) is 4.79 Å². The lowest BCUT2D eigenvalue weighted by Crippen LogP contribution is -2.33. The maximum atomic E-state index is 12.0. The van der Waals surface area contributed by atoms with Crippen molar-refractivity contribution < 1.29 is 0 Å². The highest BCUT2D eigenvalue weighted by atomic mass is 35.5. The lowest BCUT2D eigenvalue weighted by atomic mass is 10.1. The second-order valence-corrected chi connectivity index (χ2v) is 5.11. The minimum absolute atomic E-state index is 0.0374. The molecule has 4 nitrogen and oxygen atoms in total. The Bertz CT molecular complexity index is 450. The summed E-state index contributed by atoms with van der Waals surface area (Å²) in [5, 5.41) is 4.49. The first kappa shape index (κ1) is 12.4. The fourth-order valence-corrected chi connectivity index (χ4v) is 2.41. The van der Waals surface area contributed by atoms with Gasteiger partial charge in [0.1, 0.15) is 5.02 Å². The maximum absolute atomic E-state index is 12.0. The van der Waals surface area contributed by atoms with Crippen LogP contribution in [-0.4, -0.2) is 22.9 Å². The van der Waals surface area contributed by atoms with E-state index in [0.29, 0.717) is 5.02 Å². The molecule has 1 aromatic rings. The van der Waals surface area contributed by atoms with Gasteiger partial charge in [0, 0.05) is 13.1 Å². The molecule has 0 spiro atoms. The summed E-state index contributed by atoms with van der Waals surface area (Å²) in [6.07, 6.45) is 5.28. The summed E-state index contributed by atoms with van der Waals surface area (Å²) in [6.45, 7) is 5.77. The molecule has 0 atom stereocenters. The van der Waals surface area contributed by atoms with Crippen LogP contribution in [0.25, 0.3) is 0 Å². The van der Waals surface area contributed by atoms with Crippen molar-refractivity contribution in [2.75, 3.05) is 18.0 Å². The van der Waals surface area contributed by atoms with E-state index in [1.54, 1.807) is 6.20 Å². The number of hydrogen-bond donors (Lipinski definition) is 0. The molecule has 0 radical (unpaired) electrons. The monoisotopic (exact) mass is 255 g/mol. The Labute approximate surface area is 106 Å². The summed E-state index contributed by atoms with van der Waals surface area (Å²) >= 11 is 6.16. The van der Waals surface area contributed by atoms with Crippen molar-refractivity contribution in [2.45, 2.75) is 39.2 Å². The molecule has 0 aliphatic carbocycles. The Morgan fingerprint density at radius 2 is 1.94 bits per heavy atom. The molecule has 1 aromatic heterocycles. The number of aromatic nitrogens is 2. The minimum Gasteiger partial charge on any atom is -0.369 e. The van der Waals surface area contributed by atoms with E-state index < -0.39 is 0 Å². The van der Waals surface area contributed by atoms with Crippen LogP contribution < -0.4 is 10.5 Å². The van der Waals surface area contributed by atoms with Gasteiger partial charge in [0.05, 0.1) is 17.9 Å². The zero-order chi connectivity index (χ0) is 12.4. The first-order chi connectivity index (χ1) is 8.11. The third kappa shape index (κ3) is 2.46. The predicted molar refractivity (Wildman–Crippen MR) is 70.0 cm³/mol. The van der Waals surface area contributed by atoms with Gasteiger partial charge >= 0.3 is 0 Å². The fraction of sp³-hybridized carbons (Fsp3) is 0.667. The van der Waals surface area contributed by atoms with Crippen molar-refractivity contribution in [2.24, 2.45) is 0 Å². The molecule has 0 unspecified atom stereocenters. The van der Waals surface area contributed by atoms with Crippen molar-refractivity contribution in [3.8, 4) is 0 Å². The molecular formula is C12H18ClN3O. The number of piperidine rings is 1. The molecule has 0 saturated carbocycles. The quantitative estimate of drug-likeness (QED) is 0.815. The van der Waals surface area contributed by atoms with E-state index in [1.807, 2.05) is 13.8 Å². The van der Waals surface area contributed by atoms with E-state index in [0.717, 1.165) is 31.6 Å². The van der Waals surface area contributed by atoms with Crippen LogP contribution in [0.5, 0.6) is 0 Å². The number of halogens is 1. The smallest absolute Gasteiger partial charge is 0.287 e. The number of anilines is 1. The molecule has 1 aliphatic rings. The highest BCUT2D eigenvalue weighted by Gasteiger charge is 2.18. The summed E-state index contributed by atoms with van der Waals surface area (Å²) < 4.78 is 1.43. The van der Waals surface area contributed by atoms with Crippen LogP contribution in [0, 0.1) is 0 Å². The van der Waals surface area contributed by atoms with Crippen molar-refractivity contribution in [3.05, 3.63) is 21.6 Å². The molecule has 5 heteroatoms. The third-order valence-electron chi connectivity index (χ3n) is 3.11. The van der Waals surface area contributed by atoms with Gasteiger partial charge in [-0.25, -0.2) is 4.68 Å². The topological polar surface area (TPSA) is 38.1 Å². The van der Waals surface area contributed by atoms with Gasteiger partial charge in [0.15, 0.2) is 0 Å². The van der Waals surface area contributed by atoms with E-state index in [1.165, 1.54) is 11.1 Å². The Morgan fingerprint density at radius 3 is 2.53 bits per heavy atom. The van der Waals surface area contributed by atoms with E-state index in [2.05, 4.69) is 10.00 Å². The summed E-state index contributed by atoms with van der Waals surface area (Å²) in [7, 11) is 0. The van der Waals surface area contributed by atoms with E-state index in [4.69, 9.17) is 11.6 Å². The Kier molecular flexibility index (Phi) is 3.72. The average Bonchev–Trinajstić information content (AvgIpc) is 2.33. The van der Waals surface area contributed by atoms with Gasteiger partial charge in [-0.2, -0.15) is 5.10 Å². The fourth-order valence-electron chi connectivity index (χ4n) is 2.16. The first-order valence-electron chi connectivity index (χ1n) is 6.13. The minimum atomic E-state index is -0.190. The SMILES string of the molecule is CC(C)n1ncc(N2CCCCC2)c(Cl)c1=O. The maximum Gasteiger partial charge on any atom is 0.287 e. The van der Waals surface area contributed by atoms with Crippen molar-refractivity contribution in [1.29, 1.82) is 0 Å². The standard InChI is InChI=1S/C12H18ClN3O/c1-9(2)16-12(17)11(13)10(8-14-16)15-6-4-3-5-7-15/h8-9H,3-7H2,1-2H3. The van der Waals surface area contributed by atoms with Crippen LogP contribution in [0.4, 0.5) is 5.69 Å². The zero-order valence-corrected chi connectivity index (χ0v) is 11.1. The second-order valence-electron chi connectivity index (χ2n) is 4.73. The highest BCUT2D eigenvalue weighted by Crippen LogP contribution is 2.24. The molecule has 1 fully saturated rings. The first-order valence-corrected chi connectivity index (χ1v) is 6.51. The average molecular weight is 256 g/mol. The van der Waals surface area contributed by atoms with Crippen LogP contribution in [0.1, 0.15) is 39.2 Å². The summed E-state index contributed by atoms with van der Waals surface area (Å²) in [5.41, 5.74) is 0.595. The van der Waals surface area contributed by atoms with Gasteiger partial charge < -0.3 is 4.90 Å².